The maximum atomic E-state index is 5.70. The highest BCUT2D eigenvalue weighted by molar-refractivity contribution is 6.31. The highest BCUT2D eigenvalue weighted by Gasteiger charge is 2.34. The van der Waals surface area contributed by atoms with Gasteiger partial charge in [-0.25, -0.2) is 0 Å². The third-order valence-corrected chi connectivity index (χ3v) is 3.70. The summed E-state index contributed by atoms with van der Waals surface area (Å²) >= 11 is 11.4. The number of nitrogens with zero attached hydrogens (tertiary/aromatic N) is 3. The topological polar surface area (TPSA) is 50.7 Å². The molecule has 4 nitrogen and oxygen atoms in total. The van der Waals surface area contributed by atoms with Crippen molar-refractivity contribution in [2.75, 3.05) is 11.9 Å². The van der Waals surface area contributed by atoms with E-state index in [4.69, 9.17) is 23.2 Å². The molecule has 1 saturated carbocycles. The van der Waals surface area contributed by atoms with E-state index in [0.717, 1.165) is 6.54 Å². The third kappa shape index (κ3) is 2.55. The molecular formula is C10H14Cl2N4. The molecule has 0 aromatic carbocycles. The Morgan fingerprint density at radius 1 is 1.19 bits per heavy atom. The summed E-state index contributed by atoms with van der Waals surface area (Å²) in [5.74, 6) is 0.463. The molecule has 0 radical (unpaired) electrons. The van der Waals surface area contributed by atoms with E-state index in [0.29, 0.717) is 11.4 Å². The molecule has 0 unspecified atom stereocenters. The van der Waals surface area contributed by atoms with Gasteiger partial charge >= 0.3 is 0 Å². The van der Waals surface area contributed by atoms with Crippen LogP contribution in [0.25, 0.3) is 0 Å². The van der Waals surface area contributed by atoms with E-state index >= 15 is 0 Å². The predicted octanol–water partition coefficient (Wildman–Crippen LogP) is 3.17. The minimum Gasteiger partial charge on any atom is -0.353 e. The Morgan fingerprint density at radius 2 is 1.81 bits per heavy atom. The molecule has 1 aromatic heterocycles. The van der Waals surface area contributed by atoms with Crippen molar-refractivity contribution in [3.8, 4) is 0 Å². The van der Waals surface area contributed by atoms with Gasteiger partial charge < -0.3 is 5.32 Å². The fraction of sp³-hybridized carbons (Fsp3) is 0.700. The lowest BCUT2D eigenvalue weighted by atomic mass is 9.67. The highest BCUT2D eigenvalue weighted by atomic mass is 35.5. The fourth-order valence-electron chi connectivity index (χ4n) is 2.00. The standard InChI is InChI=1S/C10H14Cl2N4/c1-2-10(4-3-5-10)6-13-9-15-7(11)14-8(12)16-9/h2-6H2,1H3,(H,13,14,15,16). The van der Waals surface area contributed by atoms with Gasteiger partial charge in [0.1, 0.15) is 0 Å². The van der Waals surface area contributed by atoms with Crippen LogP contribution in [-0.2, 0) is 0 Å². The summed E-state index contributed by atoms with van der Waals surface area (Å²) in [4.78, 5) is 11.7. The zero-order chi connectivity index (χ0) is 11.6. The molecule has 0 atom stereocenters. The molecular weight excluding hydrogens is 247 g/mol. The number of halogens is 2. The van der Waals surface area contributed by atoms with Gasteiger partial charge in [0.15, 0.2) is 0 Å². The normalized spacial score (nSPS) is 17.9. The Bertz CT molecular complexity index is 353. The van der Waals surface area contributed by atoms with Crippen LogP contribution in [0.1, 0.15) is 32.6 Å². The number of rotatable bonds is 4. The molecule has 0 aliphatic heterocycles. The van der Waals surface area contributed by atoms with E-state index in [1.165, 1.54) is 25.7 Å². The van der Waals surface area contributed by atoms with Crippen LogP contribution in [0, 0.1) is 5.41 Å². The largest absolute Gasteiger partial charge is 0.353 e. The van der Waals surface area contributed by atoms with E-state index in [1.54, 1.807) is 0 Å². The first kappa shape index (κ1) is 11.9. The minimum atomic E-state index is 0.127. The molecule has 1 aliphatic rings. The summed E-state index contributed by atoms with van der Waals surface area (Å²) in [6.07, 6.45) is 5.02. The summed E-state index contributed by atoms with van der Waals surface area (Å²) in [6, 6.07) is 0. The number of anilines is 1. The van der Waals surface area contributed by atoms with Gasteiger partial charge in [-0.1, -0.05) is 13.3 Å². The Morgan fingerprint density at radius 3 is 2.25 bits per heavy atom. The van der Waals surface area contributed by atoms with Crippen LogP contribution < -0.4 is 5.32 Å². The van der Waals surface area contributed by atoms with Crippen LogP contribution in [0.4, 0.5) is 5.95 Å². The second-order valence-corrected chi connectivity index (χ2v) is 4.93. The van der Waals surface area contributed by atoms with Gasteiger partial charge in [-0.05, 0) is 47.9 Å². The van der Waals surface area contributed by atoms with Crippen molar-refractivity contribution >= 4 is 29.2 Å². The second kappa shape index (κ2) is 4.72. The number of aromatic nitrogens is 3. The van der Waals surface area contributed by atoms with Crippen LogP contribution in [0.3, 0.4) is 0 Å². The van der Waals surface area contributed by atoms with Gasteiger partial charge in [-0.2, -0.15) is 15.0 Å². The summed E-state index contributed by atoms with van der Waals surface area (Å²) < 4.78 is 0. The molecule has 1 heterocycles. The smallest absolute Gasteiger partial charge is 0.228 e. The molecule has 1 aromatic rings. The molecule has 0 amide bonds. The second-order valence-electron chi connectivity index (χ2n) is 4.26. The van der Waals surface area contributed by atoms with E-state index in [-0.39, 0.29) is 10.6 Å². The molecule has 1 N–H and O–H groups in total. The summed E-state index contributed by atoms with van der Waals surface area (Å²) in [5.41, 5.74) is 0.408. The van der Waals surface area contributed by atoms with Crippen molar-refractivity contribution in [3.63, 3.8) is 0 Å². The maximum absolute atomic E-state index is 5.70. The third-order valence-electron chi connectivity index (χ3n) is 3.37. The first-order chi connectivity index (χ1) is 7.63. The molecule has 16 heavy (non-hydrogen) atoms. The summed E-state index contributed by atoms with van der Waals surface area (Å²) in [5, 5.41) is 3.44. The lowest BCUT2D eigenvalue weighted by Crippen LogP contribution is -2.36. The van der Waals surface area contributed by atoms with E-state index in [2.05, 4.69) is 27.2 Å². The van der Waals surface area contributed by atoms with Gasteiger partial charge in [0.2, 0.25) is 16.5 Å². The SMILES string of the molecule is CCC1(CNc2nc(Cl)nc(Cl)n2)CCC1. The molecule has 1 aliphatic carbocycles. The van der Waals surface area contributed by atoms with Crippen molar-refractivity contribution in [3.05, 3.63) is 10.6 Å². The van der Waals surface area contributed by atoms with Crippen LogP contribution in [0.15, 0.2) is 0 Å². The zero-order valence-electron chi connectivity index (χ0n) is 9.13. The lowest BCUT2D eigenvalue weighted by molar-refractivity contribution is 0.144. The Balaban J connectivity index is 1.98. The van der Waals surface area contributed by atoms with Crippen LogP contribution in [-0.4, -0.2) is 21.5 Å². The number of nitrogens with one attached hydrogen (secondary N) is 1. The van der Waals surface area contributed by atoms with E-state index < -0.39 is 0 Å². The first-order valence-corrected chi connectivity index (χ1v) is 6.20. The molecule has 0 spiro atoms. The van der Waals surface area contributed by atoms with Crippen molar-refractivity contribution in [1.82, 2.24) is 15.0 Å². The molecule has 88 valence electrons. The average molecular weight is 261 g/mol. The van der Waals surface area contributed by atoms with Crippen LogP contribution in [0.2, 0.25) is 10.6 Å². The van der Waals surface area contributed by atoms with E-state index in [9.17, 15) is 0 Å². The fourth-order valence-corrected chi connectivity index (χ4v) is 2.37. The number of hydrogen-bond acceptors (Lipinski definition) is 4. The Kier molecular flexibility index (Phi) is 3.50. The predicted molar refractivity (Wildman–Crippen MR) is 64.9 cm³/mol. The monoisotopic (exact) mass is 260 g/mol. The van der Waals surface area contributed by atoms with Crippen molar-refractivity contribution in [2.45, 2.75) is 32.6 Å². The van der Waals surface area contributed by atoms with Crippen molar-refractivity contribution in [1.29, 1.82) is 0 Å². The summed E-state index contributed by atoms with van der Waals surface area (Å²) in [7, 11) is 0. The number of hydrogen-bond donors (Lipinski definition) is 1. The molecule has 0 saturated heterocycles. The van der Waals surface area contributed by atoms with Crippen LogP contribution >= 0.6 is 23.2 Å². The van der Waals surface area contributed by atoms with Gasteiger partial charge in [0, 0.05) is 6.54 Å². The van der Waals surface area contributed by atoms with Gasteiger partial charge in [0.25, 0.3) is 0 Å². The van der Waals surface area contributed by atoms with Gasteiger partial charge in [-0.3, -0.25) is 0 Å². The van der Waals surface area contributed by atoms with Crippen LogP contribution in [0.5, 0.6) is 0 Å². The Hall–Kier alpha value is -0.610. The molecule has 1 fully saturated rings. The molecule has 2 rings (SSSR count). The average Bonchev–Trinajstić information content (AvgIpc) is 2.15. The highest BCUT2D eigenvalue weighted by Crippen LogP contribution is 2.43. The van der Waals surface area contributed by atoms with Crippen molar-refractivity contribution < 1.29 is 0 Å². The van der Waals surface area contributed by atoms with Crippen molar-refractivity contribution in [2.24, 2.45) is 5.41 Å². The maximum Gasteiger partial charge on any atom is 0.228 e. The quantitative estimate of drug-likeness (QED) is 0.904. The lowest BCUT2D eigenvalue weighted by Gasteiger charge is -2.41. The zero-order valence-corrected chi connectivity index (χ0v) is 10.6. The molecule has 6 heteroatoms. The van der Waals surface area contributed by atoms with Gasteiger partial charge in [0.05, 0.1) is 0 Å². The summed E-state index contributed by atoms with van der Waals surface area (Å²) in [6.45, 7) is 3.09. The Labute approximate surface area is 105 Å². The molecule has 0 bridgehead atoms. The van der Waals surface area contributed by atoms with Gasteiger partial charge in [-0.15, -0.1) is 0 Å². The first-order valence-electron chi connectivity index (χ1n) is 5.44. The van der Waals surface area contributed by atoms with E-state index in [1.807, 2.05) is 0 Å². The minimum absolute atomic E-state index is 0.127.